The van der Waals surface area contributed by atoms with Crippen molar-refractivity contribution < 1.29 is 10.4 Å². The van der Waals surface area contributed by atoms with E-state index in [0.29, 0.717) is 0 Å². The molecule has 0 aromatic carbocycles. The van der Waals surface area contributed by atoms with E-state index in [2.05, 4.69) is 10.3 Å². The molecule has 0 radical (unpaired) electrons. The van der Waals surface area contributed by atoms with E-state index < -0.39 is 10.9 Å². The number of nitriles is 1. The van der Waals surface area contributed by atoms with Crippen molar-refractivity contribution in [2.75, 3.05) is 0 Å². The molecule has 9 heavy (non-hydrogen) atoms. The Morgan fingerprint density at radius 2 is 2.00 bits per heavy atom. The average Bonchev–Trinajstić information content (AvgIpc) is 1.90. The van der Waals surface area contributed by atoms with E-state index in [1.165, 1.54) is 6.07 Å². The molecule has 0 aliphatic carbocycles. The summed E-state index contributed by atoms with van der Waals surface area (Å²) in [6.45, 7) is 0. The van der Waals surface area contributed by atoms with Gasteiger partial charge in [-0.15, -0.1) is 0 Å². The highest BCUT2D eigenvalue weighted by molar-refractivity contribution is 6.85. The molecule has 0 aliphatic heterocycles. The maximum atomic E-state index is 8.01. The summed E-state index contributed by atoms with van der Waals surface area (Å²) in [5.41, 5.74) is -0.529. The zero-order valence-electron chi connectivity index (χ0n) is 4.11. The van der Waals surface area contributed by atoms with Crippen LogP contribution in [0.15, 0.2) is 10.3 Å². The third kappa shape index (κ3) is 1.97. The van der Waals surface area contributed by atoms with Gasteiger partial charge in [-0.3, -0.25) is 0 Å². The summed E-state index contributed by atoms with van der Waals surface area (Å²) in [5.74, 6) is 0. The largest absolute Gasteiger partial charge is 0.410 e. The molecule has 0 fully saturated rings. The van der Waals surface area contributed by atoms with Gasteiger partial charge in [-0.1, -0.05) is 21.9 Å². The molecule has 0 amide bonds. The minimum atomic E-state index is -0.542. The van der Waals surface area contributed by atoms with Crippen molar-refractivity contribution in [3.8, 4) is 6.07 Å². The molecule has 0 heterocycles. The molecule has 0 saturated carbocycles. The van der Waals surface area contributed by atoms with Crippen molar-refractivity contribution in [2.45, 2.75) is 0 Å². The molecular weight excluding hydrogens is 146 g/mol. The van der Waals surface area contributed by atoms with Crippen LogP contribution in [-0.4, -0.2) is 21.3 Å². The second kappa shape index (κ2) is 3.69. The zero-order chi connectivity index (χ0) is 7.28. The fourth-order valence-corrected chi connectivity index (χ4v) is 0.237. The Hall–Kier alpha value is -1.28. The predicted molar refractivity (Wildman–Crippen MR) is 29.9 cm³/mol. The number of nitrogens with zero attached hydrogens (tertiary/aromatic N) is 3. The Kier molecular flexibility index (Phi) is 3.16. The lowest BCUT2D eigenvalue weighted by Gasteiger charge is -1.83. The van der Waals surface area contributed by atoms with Crippen LogP contribution in [0.5, 0.6) is 0 Å². The van der Waals surface area contributed by atoms with Crippen LogP contribution < -0.4 is 0 Å². The van der Waals surface area contributed by atoms with E-state index in [1.54, 1.807) is 0 Å². The maximum Gasteiger partial charge on any atom is 0.220 e. The predicted octanol–water partition coefficient (Wildman–Crippen LogP) is 0.367. The van der Waals surface area contributed by atoms with Crippen LogP contribution in [0.2, 0.25) is 0 Å². The van der Waals surface area contributed by atoms with Crippen LogP contribution in [0, 0.1) is 11.3 Å². The van der Waals surface area contributed by atoms with Gasteiger partial charge in [0, 0.05) is 0 Å². The van der Waals surface area contributed by atoms with Gasteiger partial charge < -0.3 is 10.4 Å². The third-order valence-corrected chi connectivity index (χ3v) is 0.744. The number of hydrogen-bond donors (Lipinski definition) is 2. The van der Waals surface area contributed by atoms with Gasteiger partial charge in [0.2, 0.25) is 10.9 Å². The van der Waals surface area contributed by atoms with E-state index in [4.69, 9.17) is 27.3 Å². The maximum absolute atomic E-state index is 8.01. The molecule has 0 aromatic heterocycles. The van der Waals surface area contributed by atoms with Gasteiger partial charge >= 0.3 is 0 Å². The van der Waals surface area contributed by atoms with Crippen LogP contribution in [0.25, 0.3) is 0 Å². The van der Waals surface area contributed by atoms with Crippen molar-refractivity contribution in [2.24, 2.45) is 10.3 Å². The summed E-state index contributed by atoms with van der Waals surface area (Å²) < 4.78 is 0. The molecule has 6 heteroatoms. The first kappa shape index (κ1) is 7.72. The summed E-state index contributed by atoms with van der Waals surface area (Å²) in [6.07, 6.45) is 0. The topological polar surface area (TPSA) is 89.0 Å². The molecule has 2 N–H and O–H groups in total. The fraction of sp³-hybridized carbons (Fsp3) is 0. The average molecular weight is 148 g/mol. The lowest BCUT2D eigenvalue weighted by molar-refractivity contribution is 0.315. The van der Waals surface area contributed by atoms with Gasteiger partial charge in [-0.25, -0.2) is 0 Å². The SMILES string of the molecule is N#CC(=N\O)/C(Cl)=N\O. The number of oxime groups is 2. The van der Waals surface area contributed by atoms with Gasteiger partial charge in [-0.05, 0) is 0 Å². The number of hydrogen-bond acceptors (Lipinski definition) is 5. The van der Waals surface area contributed by atoms with Crippen LogP contribution in [0.1, 0.15) is 0 Å². The quantitative estimate of drug-likeness (QED) is 0.319. The molecule has 0 saturated heterocycles. The first-order valence-corrected chi connectivity index (χ1v) is 2.14. The van der Waals surface area contributed by atoms with Gasteiger partial charge in [-0.2, -0.15) is 5.26 Å². The van der Waals surface area contributed by atoms with Gasteiger partial charge in [0.15, 0.2) is 0 Å². The normalized spacial score (nSPS) is 12.9. The molecule has 48 valence electrons. The van der Waals surface area contributed by atoms with E-state index in [0.717, 1.165) is 0 Å². The Morgan fingerprint density at radius 3 is 2.11 bits per heavy atom. The first-order valence-electron chi connectivity index (χ1n) is 1.76. The minimum Gasteiger partial charge on any atom is -0.410 e. The second-order valence-electron chi connectivity index (χ2n) is 0.951. The Morgan fingerprint density at radius 1 is 1.44 bits per heavy atom. The van der Waals surface area contributed by atoms with E-state index in [1.807, 2.05) is 0 Å². The van der Waals surface area contributed by atoms with E-state index in [9.17, 15) is 0 Å². The van der Waals surface area contributed by atoms with Crippen LogP contribution in [-0.2, 0) is 0 Å². The summed E-state index contributed by atoms with van der Waals surface area (Å²) in [5, 5.41) is 28.1. The van der Waals surface area contributed by atoms with Crippen molar-refractivity contribution in [3.63, 3.8) is 0 Å². The highest BCUT2D eigenvalue weighted by Crippen LogP contribution is 1.87. The Balaban J connectivity index is 4.39. The first-order chi connectivity index (χ1) is 4.26. The van der Waals surface area contributed by atoms with Gasteiger partial charge in [0.1, 0.15) is 6.07 Å². The highest BCUT2D eigenvalue weighted by Gasteiger charge is 2.04. The number of halogens is 1. The van der Waals surface area contributed by atoms with Crippen molar-refractivity contribution in [1.29, 1.82) is 5.26 Å². The van der Waals surface area contributed by atoms with E-state index in [-0.39, 0.29) is 0 Å². The minimum absolute atomic E-state index is 0.529. The van der Waals surface area contributed by atoms with Crippen molar-refractivity contribution in [1.82, 2.24) is 0 Å². The second-order valence-corrected chi connectivity index (χ2v) is 1.31. The Bertz CT molecular complexity index is 192. The van der Waals surface area contributed by atoms with Crippen molar-refractivity contribution in [3.05, 3.63) is 0 Å². The molecule has 0 rings (SSSR count). The third-order valence-electron chi connectivity index (χ3n) is 0.489. The zero-order valence-corrected chi connectivity index (χ0v) is 4.87. The molecular formula is C3H2ClN3O2. The highest BCUT2D eigenvalue weighted by atomic mass is 35.5. The molecule has 0 unspecified atom stereocenters. The van der Waals surface area contributed by atoms with Crippen LogP contribution >= 0.6 is 11.6 Å². The van der Waals surface area contributed by atoms with Crippen LogP contribution in [0.4, 0.5) is 0 Å². The Labute approximate surface area is 55.5 Å². The van der Waals surface area contributed by atoms with Crippen LogP contribution in [0.3, 0.4) is 0 Å². The molecule has 0 aliphatic rings. The summed E-state index contributed by atoms with van der Waals surface area (Å²) in [6, 6.07) is 1.38. The molecule has 0 atom stereocenters. The summed E-state index contributed by atoms with van der Waals surface area (Å²) in [4.78, 5) is 0. The van der Waals surface area contributed by atoms with Crippen molar-refractivity contribution >= 4 is 22.5 Å². The summed E-state index contributed by atoms with van der Waals surface area (Å²) >= 11 is 5.02. The fourth-order valence-electron chi connectivity index (χ4n) is 0.157. The molecule has 5 nitrogen and oxygen atoms in total. The molecule has 0 bridgehead atoms. The monoisotopic (exact) mass is 147 g/mol. The molecule has 0 spiro atoms. The van der Waals surface area contributed by atoms with Gasteiger partial charge in [0.05, 0.1) is 0 Å². The summed E-state index contributed by atoms with van der Waals surface area (Å²) in [7, 11) is 0. The lowest BCUT2D eigenvalue weighted by Crippen LogP contribution is -2.03. The number of rotatable bonds is 1. The molecule has 0 aromatic rings. The smallest absolute Gasteiger partial charge is 0.220 e. The standard InChI is InChI=1S/C3H2ClN3O2/c4-3(7-9)2(1-5)6-8/h8-9H/b6-2+,7-3+. The lowest BCUT2D eigenvalue weighted by atomic mass is 10.5. The van der Waals surface area contributed by atoms with Gasteiger partial charge in [0.25, 0.3) is 0 Å². The van der Waals surface area contributed by atoms with E-state index >= 15 is 0 Å².